The van der Waals surface area contributed by atoms with E-state index in [1.807, 2.05) is 6.92 Å². The fraction of sp³-hybridized carbons (Fsp3) is 1.00. The predicted octanol–water partition coefficient (Wildman–Crippen LogP) is 4.24. The van der Waals surface area contributed by atoms with Crippen LogP contribution in [0.25, 0.3) is 0 Å². The van der Waals surface area contributed by atoms with E-state index in [0.29, 0.717) is 11.8 Å². The van der Waals surface area contributed by atoms with Gasteiger partial charge in [0, 0.05) is 0 Å². The summed E-state index contributed by atoms with van der Waals surface area (Å²) in [5.41, 5.74) is 0. The van der Waals surface area contributed by atoms with Crippen LogP contribution in [0.15, 0.2) is 0 Å². The molecule has 0 radical (unpaired) electrons. The summed E-state index contributed by atoms with van der Waals surface area (Å²) in [5.74, 6) is 1.36. The SMILES string of the molecule is CCC(CC)COC(C)OCC(CC)CC. The molecule has 0 bridgehead atoms. The molecule has 98 valence electrons. The summed E-state index contributed by atoms with van der Waals surface area (Å²) in [6, 6.07) is 0. The van der Waals surface area contributed by atoms with Crippen LogP contribution in [0.4, 0.5) is 0 Å². The largest absolute Gasteiger partial charge is 0.353 e. The zero-order valence-corrected chi connectivity index (χ0v) is 11.8. The van der Waals surface area contributed by atoms with Crippen molar-refractivity contribution in [1.82, 2.24) is 0 Å². The summed E-state index contributed by atoms with van der Waals surface area (Å²) >= 11 is 0. The number of ether oxygens (including phenoxy) is 2. The Hall–Kier alpha value is -0.0800. The summed E-state index contributed by atoms with van der Waals surface area (Å²) in [6.45, 7) is 12.5. The molecule has 0 N–H and O–H groups in total. The van der Waals surface area contributed by atoms with Crippen molar-refractivity contribution in [3.63, 3.8) is 0 Å². The van der Waals surface area contributed by atoms with Gasteiger partial charge in [-0.1, -0.05) is 53.4 Å². The molecule has 2 heteroatoms. The fourth-order valence-corrected chi connectivity index (χ4v) is 1.64. The second kappa shape index (κ2) is 10.1. The van der Waals surface area contributed by atoms with Gasteiger partial charge in [-0.05, 0) is 18.8 Å². The molecule has 0 amide bonds. The lowest BCUT2D eigenvalue weighted by molar-refractivity contribution is -0.146. The van der Waals surface area contributed by atoms with Gasteiger partial charge in [0.05, 0.1) is 13.2 Å². The summed E-state index contributed by atoms with van der Waals surface area (Å²) in [5, 5.41) is 0. The summed E-state index contributed by atoms with van der Waals surface area (Å²) in [4.78, 5) is 0. The van der Waals surface area contributed by atoms with Gasteiger partial charge >= 0.3 is 0 Å². The first-order valence-corrected chi connectivity index (χ1v) is 6.90. The van der Waals surface area contributed by atoms with Crippen LogP contribution < -0.4 is 0 Å². The first-order valence-electron chi connectivity index (χ1n) is 6.90. The Morgan fingerprint density at radius 1 is 0.688 bits per heavy atom. The van der Waals surface area contributed by atoms with Gasteiger partial charge in [-0.2, -0.15) is 0 Å². The lowest BCUT2D eigenvalue weighted by Gasteiger charge is -2.20. The average Bonchev–Trinajstić information content (AvgIpc) is 2.31. The van der Waals surface area contributed by atoms with Crippen LogP contribution in [0.5, 0.6) is 0 Å². The minimum absolute atomic E-state index is 0.0544. The normalized spacial score (nSPS) is 12.0. The molecule has 16 heavy (non-hydrogen) atoms. The van der Waals surface area contributed by atoms with Gasteiger partial charge in [-0.3, -0.25) is 0 Å². The molecule has 0 heterocycles. The van der Waals surface area contributed by atoms with Crippen LogP contribution in [-0.2, 0) is 9.47 Å². The van der Waals surface area contributed by atoms with Crippen molar-refractivity contribution >= 4 is 0 Å². The molecule has 0 aliphatic rings. The molecular weight excluding hydrogens is 200 g/mol. The minimum atomic E-state index is -0.0544. The molecule has 0 unspecified atom stereocenters. The first-order chi connectivity index (χ1) is 7.67. The van der Waals surface area contributed by atoms with E-state index in [1.54, 1.807) is 0 Å². The highest BCUT2D eigenvalue weighted by atomic mass is 16.7. The van der Waals surface area contributed by atoms with Gasteiger partial charge in [0.25, 0.3) is 0 Å². The van der Waals surface area contributed by atoms with E-state index >= 15 is 0 Å². The third-order valence-corrected chi connectivity index (χ3v) is 3.44. The van der Waals surface area contributed by atoms with Gasteiger partial charge in [-0.25, -0.2) is 0 Å². The molecule has 0 aromatic carbocycles. The van der Waals surface area contributed by atoms with Crippen molar-refractivity contribution in [2.75, 3.05) is 13.2 Å². The smallest absolute Gasteiger partial charge is 0.154 e. The first kappa shape index (κ1) is 15.9. The molecule has 0 rings (SSSR count). The Morgan fingerprint density at radius 3 is 1.25 bits per heavy atom. The Labute approximate surface area is 102 Å². The van der Waals surface area contributed by atoms with Crippen LogP contribution in [0, 0.1) is 11.8 Å². The molecule has 0 aliphatic heterocycles. The van der Waals surface area contributed by atoms with Crippen molar-refractivity contribution < 1.29 is 9.47 Å². The molecule has 2 nitrogen and oxygen atoms in total. The van der Waals surface area contributed by atoms with Crippen LogP contribution in [-0.4, -0.2) is 19.5 Å². The fourth-order valence-electron chi connectivity index (χ4n) is 1.64. The molecule has 0 aromatic heterocycles. The van der Waals surface area contributed by atoms with Crippen molar-refractivity contribution in [3.8, 4) is 0 Å². The van der Waals surface area contributed by atoms with E-state index in [1.165, 1.54) is 25.7 Å². The number of rotatable bonds is 10. The van der Waals surface area contributed by atoms with Gasteiger partial charge in [0.2, 0.25) is 0 Å². The highest BCUT2D eigenvalue weighted by molar-refractivity contribution is 4.54. The molecule has 0 saturated carbocycles. The molecule has 0 spiro atoms. The van der Waals surface area contributed by atoms with Crippen LogP contribution >= 0.6 is 0 Å². The Kier molecular flexibility index (Phi) is 10.0. The second-order valence-electron chi connectivity index (χ2n) is 4.60. The summed E-state index contributed by atoms with van der Waals surface area (Å²) < 4.78 is 11.4. The van der Waals surface area contributed by atoms with Crippen LogP contribution in [0.3, 0.4) is 0 Å². The number of hydrogen-bond acceptors (Lipinski definition) is 2. The highest BCUT2D eigenvalue weighted by Crippen LogP contribution is 2.12. The quantitative estimate of drug-likeness (QED) is 0.523. The van der Waals surface area contributed by atoms with Gasteiger partial charge in [-0.15, -0.1) is 0 Å². The second-order valence-corrected chi connectivity index (χ2v) is 4.60. The van der Waals surface area contributed by atoms with Crippen molar-refractivity contribution in [2.24, 2.45) is 11.8 Å². The van der Waals surface area contributed by atoms with E-state index in [4.69, 9.17) is 9.47 Å². The van der Waals surface area contributed by atoms with Gasteiger partial charge in [0.15, 0.2) is 6.29 Å². The Morgan fingerprint density at radius 2 is 1.00 bits per heavy atom. The Bertz CT molecular complexity index is 124. The minimum Gasteiger partial charge on any atom is -0.353 e. The van der Waals surface area contributed by atoms with E-state index < -0.39 is 0 Å². The van der Waals surface area contributed by atoms with E-state index in [0.717, 1.165) is 13.2 Å². The zero-order chi connectivity index (χ0) is 12.4. The van der Waals surface area contributed by atoms with E-state index in [2.05, 4.69) is 27.7 Å². The summed E-state index contributed by atoms with van der Waals surface area (Å²) in [7, 11) is 0. The summed E-state index contributed by atoms with van der Waals surface area (Å²) in [6.07, 6.45) is 4.71. The Balaban J connectivity index is 3.61. The average molecular weight is 230 g/mol. The van der Waals surface area contributed by atoms with Crippen LogP contribution in [0.2, 0.25) is 0 Å². The highest BCUT2D eigenvalue weighted by Gasteiger charge is 2.10. The maximum absolute atomic E-state index is 5.70. The van der Waals surface area contributed by atoms with E-state index in [-0.39, 0.29) is 6.29 Å². The molecule has 0 aromatic rings. The third-order valence-electron chi connectivity index (χ3n) is 3.44. The monoisotopic (exact) mass is 230 g/mol. The maximum Gasteiger partial charge on any atom is 0.154 e. The predicted molar refractivity (Wildman–Crippen MR) is 69.5 cm³/mol. The molecule has 0 saturated heterocycles. The van der Waals surface area contributed by atoms with Crippen molar-refractivity contribution in [1.29, 1.82) is 0 Å². The van der Waals surface area contributed by atoms with Crippen molar-refractivity contribution in [2.45, 2.75) is 66.6 Å². The van der Waals surface area contributed by atoms with E-state index in [9.17, 15) is 0 Å². The van der Waals surface area contributed by atoms with Crippen LogP contribution in [0.1, 0.15) is 60.3 Å². The standard InChI is InChI=1S/C14H30O2/c1-6-13(7-2)10-15-12(5)16-11-14(8-3)9-4/h12-14H,6-11H2,1-5H3. The topological polar surface area (TPSA) is 18.5 Å². The zero-order valence-electron chi connectivity index (χ0n) is 11.8. The molecule has 0 aliphatic carbocycles. The lowest BCUT2D eigenvalue weighted by Crippen LogP contribution is -2.21. The third kappa shape index (κ3) is 7.24. The maximum atomic E-state index is 5.70. The molecular formula is C14H30O2. The lowest BCUT2D eigenvalue weighted by atomic mass is 10.1. The number of hydrogen-bond donors (Lipinski definition) is 0. The molecule has 0 atom stereocenters. The van der Waals surface area contributed by atoms with Crippen molar-refractivity contribution in [3.05, 3.63) is 0 Å². The van der Waals surface area contributed by atoms with Gasteiger partial charge < -0.3 is 9.47 Å². The van der Waals surface area contributed by atoms with Gasteiger partial charge in [0.1, 0.15) is 0 Å². The molecule has 0 fully saturated rings.